The van der Waals surface area contributed by atoms with Crippen LogP contribution in [0, 0.1) is 5.92 Å². The number of hydrogen-bond donors (Lipinski definition) is 1. The Morgan fingerprint density at radius 2 is 2.00 bits per heavy atom. The van der Waals surface area contributed by atoms with Gasteiger partial charge in [0.25, 0.3) is 0 Å². The normalized spacial score (nSPS) is 12.3. The number of nitrogens with one attached hydrogen (secondary N) is 1. The van der Waals surface area contributed by atoms with Crippen LogP contribution in [-0.4, -0.2) is 43.8 Å². The summed E-state index contributed by atoms with van der Waals surface area (Å²) >= 11 is 11.8. The second-order valence-corrected chi connectivity index (χ2v) is 5.60. The van der Waals surface area contributed by atoms with Gasteiger partial charge in [-0.1, -0.05) is 30.1 Å². The van der Waals surface area contributed by atoms with Gasteiger partial charge in [-0.05, 0) is 25.2 Å². The number of Topliss-reactive ketones (excluding diaryl/α,β-unsaturated/α-hetero) is 1. The zero-order valence-electron chi connectivity index (χ0n) is 11.7. The molecule has 0 aliphatic heterocycles. The van der Waals surface area contributed by atoms with Gasteiger partial charge in [0.2, 0.25) is 5.91 Å². The van der Waals surface area contributed by atoms with E-state index in [1.54, 1.807) is 37.2 Å². The molecule has 0 heterocycles. The maximum Gasteiger partial charge on any atom is 0.223 e. The van der Waals surface area contributed by atoms with E-state index in [0.29, 0.717) is 22.2 Å². The first-order chi connectivity index (χ1) is 9.35. The van der Waals surface area contributed by atoms with Gasteiger partial charge < -0.3 is 5.32 Å². The second-order valence-electron chi connectivity index (χ2n) is 4.76. The van der Waals surface area contributed by atoms with Crippen LogP contribution in [0.2, 0.25) is 10.0 Å². The zero-order valence-corrected chi connectivity index (χ0v) is 13.3. The summed E-state index contributed by atoms with van der Waals surface area (Å²) in [6.07, 6.45) is 0. The molecule has 0 aromatic heterocycles. The number of carbonyl (C=O) groups is 2. The van der Waals surface area contributed by atoms with Gasteiger partial charge in [-0.25, -0.2) is 0 Å². The summed E-state index contributed by atoms with van der Waals surface area (Å²) in [6.45, 7) is 2.51. The van der Waals surface area contributed by atoms with Crippen molar-refractivity contribution in [3.05, 3.63) is 33.8 Å². The standard InChI is InChI=1S/C14H18Cl2N2O2/c1-9(14(20)17-2)7-18(3)8-13(19)11-5-4-10(15)6-12(11)16/h4-6,9H,7-8H2,1-3H3,(H,17,20). The summed E-state index contributed by atoms with van der Waals surface area (Å²) in [5, 5.41) is 3.42. The molecule has 1 amide bonds. The number of likely N-dealkylation sites (N-methyl/N-ethyl adjacent to an activating group) is 1. The molecule has 6 heteroatoms. The minimum atomic E-state index is -0.182. The van der Waals surface area contributed by atoms with Crippen molar-refractivity contribution in [2.75, 3.05) is 27.2 Å². The van der Waals surface area contributed by atoms with E-state index in [2.05, 4.69) is 5.32 Å². The highest BCUT2D eigenvalue weighted by atomic mass is 35.5. The Labute approximate surface area is 129 Å². The fourth-order valence-electron chi connectivity index (χ4n) is 1.91. The average Bonchev–Trinajstić information content (AvgIpc) is 2.37. The Bertz CT molecular complexity index is 506. The maximum absolute atomic E-state index is 12.1. The van der Waals surface area contributed by atoms with Gasteiger partial charge >= 0.3 is 0 Å². The first-order valence-corrected chi connectivity index (χ1v) is 6.99. The van der Waals surface area contributed by atoms with E-state index in [1.165, 1.54) is 0 Å². The molecule has 0 aliphatic rings. The van der Waals surface area contributed by atoms with Gasteiger partial charge in [-0.3, -0.25) is 14.5 Å². The molecule has 1 N–H and O–H groups in total. The predicted molar refractivity (Wildman–Crippen MR) is 81.5 cm³/mol. The smallest absolute Gasteiger partial charge is 0.223 e. The van der Waals surface area contributed by atoms with E-state index in [9.17, 15) is 9.59 Å². The molecule has 20 heavy (non-hydrogen) atoms. The minimum absolute atomic E-state index is 0.0474. The first-order valence-electron chi connectivity index (χ1n) is 6.23. The lowest BCUT2D eigenvalue weighted by Crippen LogP contribution is -2.36. The number of carbonyl (C=O) groups excluding carboxylic acids is 2. The largest absolute Gasteiger partial charge is 0.359 e. The lowest BCUT2D eigenvalue weighted by molar-refractivity contribution is -0.124. The molecule has 0 bridgehead atoms. The molecule has 1 atom stereocenters. The molecule has 0 aliphatic carbocycles. The predicted octanol–water partition coefficient (Wildman–Crippen LogP) is 2.49. The molecule has 0 fully saturated rings. The molecule has 1 aromatic carbocycles. The van der Waals surface area contributed by atoms with Crippen LogP contribution < -0.4 is 5.32 Å². The Hall–Kier alpha value is -1.10. The van der Waals surface area contributed by atoms with Gasteiger partial charge in [-0.2, -0.15) is 0 Å². The molecule has 0 saturated heterocycles. The van der Waals surface area contributed by atoms with Gasteiger partial charge in [0, 0.05) is 30.1 Å². The number of halogens is 2. The lowest BCUT2D eigenvalue weighted by Gasteiger charge is -2.19. The Kier molecular flexibility index (Phi) is 6.46. The van der Waals surface area contributed by atoms with Crippen LogP contribution in [0.5, 0.6) is 0 Å². The SMILES string of the molecule is CNC(=O)C(C)CN(C)CC(=O)c1ccc(Cl)cc1Cl. The number of hydrogen-bond acceptors (Lipinski definition) is 3. The molecule has 1 rings (SSSR count). The van der Waals surface area contributed by atoms with Crippen molar-refractivity contribution in [2.45, 2.75) is 6.92 Å². The van der Waals surface area contributed by atoms with Crippen LogP contribution in [0.4, 0.5) is 0 Å². The molecule has 1 aromatic rings. The number of ketones is 1. The van der Waals surface area contributed by atoms with Gasteiger partial charge in [0.1, 0.15) is 0 Å². The summed E-state index contributed by atoms with van der Waals surface area (Å²) in [5.74, 6) is -0.328. The van der Waals surface area contributed by atoms with E-state index in [0.717, 1.165) is 0 Å². The zero-order chi connectivity index (χ0) is 15.3. The van der Waals surface area contributed by atoms with Crippen LogP contribution in [0.1, 0.15) is 17.3 Å². The number of nitrogens with zero attached hydrogens (tertiary/aromatic N) is 1. The molecular formula is C14H18Cl2N2O2. The van der Waals surface area contributed by atoms with E-state index in [-0.39, 0.29) is 24.2 Å². The first kappa shape index (κ1) is 17.0. The average molecular weight is 317 g/mol. The Morgan fingerprint density at radius 3 is 2.55 bits per heavy atom. The highest BCUT2D eigenvalue weighted by Crippen LogP contribution is 2.21. The fraction of sp³-hybridized carbons (Fsp3) is 0.429. The number of rotatable bonds is 6. The Morgan fingerprint density at radius 1 is 1.35 bits per heavy atom. The second kappa shape index (κ2) is 7.62. The van der Waals surface area contributed by atoms with Crippen molar-refractivity contribution < 1.29 is 9.59 Å². The van der Waals surface area contributed by atoms with Crippen LogP contribution in [0.25, 0.3) is 0 Å². The Balaban J connectivity index is 2.64. The molecule has 0 spiro atoms. The minimum Gasteiger partial charge on any atom is -0.359 e. The molecule has 1 unspecified atom stereocenters. The van der Waals surface area contributed by atoms with Gasteiger partial charge in [0.15, 0.2) is 5.78 Å². The molecule has 0 saturated carbocycles. The molecule has 0 radical (unpaired) electrons. The lowest BCUT2D eigenvalue weighted by atomic mass is 10.1. The van der Waals surface area contributed by atoms with E-state index >= 15 is 0 Å². The third-order valence-electron chi connectivity index (χ3n) is 2.92. The van der Waals surface area contributed by atoms with Crippen LogP contribution in [-0.2, 0) is 4.79 Å². The molecule has 110 valence electrons. The third kappa shape index (κ3) is 4.78. The van der Waals surface area contributed by atoms with Gasteiger partial charge in [0.05, 0.1) is 11.6 Å². The summed E-state index contributed by atoms with van der Waals surface area (Å²) in [6, 6.07) is 4.79. The quantitative estimate of drug-likeness (QED) is 0.820. The number of amides is 1. The maximum atomic E-state index is 12.1. The van der Waals surface area contributed by atoms with Crippen LogP contribution in [0.3, 0.4) is 0 Å². The summed E-state index contributed by atoms with van der Waals surface area (Å²) in [7, 11) is 3.39. The van der Waals surface area contributed by atoms with Crippen molar-refractivity contribution in [2.24, 2.45) is 5.92 Å². The fourth-order valence-corrected chi connectivity index (χ4v) is 2.42. The third-order valence-corrected chi connectivity index (χ3v) is 3.47. The highest BCUT2D eigenvalue weighted by molar-refractivity contribution is 6.36. The van der Waals surface area contributed by atoms with Crippen LogP contribution in [0.15, 0.2) is 18.2 Å². The van der Waals surface area contributed by atoms with E-state index in [1.807, 2.05) is 6.92 Å². The van der Waals surface area contributed by atoms with Crippen molar-refractivity contribution in [3.8, 4) is 0 Å². The molecule has 4 nitrogen and oxygen atoms in total. The summed E-state index contributed by atoms with van der Waals surface area (Å²) in [5.41, 5.74) is 0.440. The van der Waals surface area contributed by atoms with Crippen molar-refractivity contribution in [1.82, 2.24) is 10.2 Å². The van der Waals surface area contributed by atoms with Crippen molar-refractivity contribution in [3.63, 3.8) is 0 Å². The van der Waals surface area contributed by atoms with E-state index in [4.69, 9.17) is 23.2 Å². The van der Waals surface area contributed by atoms with Crippen molar-refractivity contribution >= 4 is 34.9 Å². The van der Waals surface area contributed by atoms with E-state index < -0.39 is 0 Å². The number of benzene rings is 1. The monoisotopic (exact) mass is 316 g/mol. The summed E-state index contributed by atoms with van der Waals surface area (Å²) in [4.78, 5) is 25.4. The van der Waals surface area contributed by atoms with Gasteiger partial charge in [-0.15, -0.1) is 0 Å². The van der Waals surface area contributed by atoms with Crippen molar-refractivity contribution in [1.29, 1.82) is 0 Å². The summed E-state index contributed by atoms with van der Waals surface area (Å²) < 4.78 is 0. The van der Waals surface area contributed by atoms with Crippen LogP contribution >= 0.6 is 23.2 Å². The highest BCUT2D eigenvalue weighted by Gasteiger charge is 2.17. The topological polar surface area (TPSA) is 49.4 Å². The molecular weight excluding hydrogens is 299 g/mol.